The molecule has 2 bridgehead atoms. The second kappa shape index (κ2) is 7.67. The van der Waals surface area contributed by atoms with Gasteiger partial charge in [0.2, 0.25) is 0 Å². The molecule has 0 aromatic heterocycles. The van der Waals surface area contributed by atoms with E-state index in [0.717, 1.165) is 24.3 Å². The van der Waals surface area contributed by atoms with Crippen molar-refractivity contribution in [2.45, 2.75) is 51.1 Å². The lowest BCUT2D eigenvalue weighted by molar-refractivity contribution is -0.336. The van der Waals surface area contributed by atoms with Gasteiger partial charge in [0, 0.05) is 12.0 Å². The van der Waals surface area contributed by atoms with E-state index in [4.69, 9.17) is 0 Å². The van der Waals surface area contributed by atoms with Crippen molar-refractivity contribution in [2.75, 3.05) is 5.75 Å². The number of benzene rings is 1. The van der Waals surface area contributed by atoms with Gasteiger partial charge in [0.05, 0.1) is 5.41 Å². The molecule has 2 aliphatic carbocycles. The van der Waals surface area contributed by atoms with Crippen LogP contribution in [0.3, 0.4) is 0 Å². The number of carbonyl (C=O) groups excluding carboxylic acids is 1. The number of Topliss-reactive ketones (excluding diaryl/α,β-unsaturated/α-hetero) is 1. The third-order valence-electron chi connectivity index (χ3n) is 6.90. The van der Waals surface area contributed by atoms with E-state index in [1.165, 1.54) is 6.07 Å². The van der Waals surface area contributed by atoms with Crippen LogP contribution in [0.2, 0.25) is 0 Å². The Hall–Kier alpha value is -2.18. The van der Waals surface area contributed by atoms with Gasteiger partial charge < -0.3 is 0 Å². The van der Waals surface area contributed by atoms with Gasteiger partial charge in [0.25, 0.3) is 0 Å². The Labute approximate surface area is 185 Å². The number of nitrogens with zero attached hydrogens (tertiary/aromatic N) is 1. The van der Waals surface area contributed by atoms with Gasteiger partial charge in [-0.25, -0.2) is 0 Å². The van der Waals surface area contributed by atoms with Crippen LogP contribution in [0, 0.1) is 16.7 Å². The minimum Gasteiger partial charge on any atom is -0.299 e. The molecule has 0 N–H and O–H groups in total. The SMILES string of the molecule is CC1(C)C2CCC1(CS(=O)(=O)ON=C(c1ccccc1)C(F)(F)C(F)(F)C(F)(F)F)C(=O)C2. The number of fused-ring (bicyclic) bond motifs is 2. The highest BCUT2D eigenvalue weighted by Gasteiger charge is 2.75. The molecule has 33 heavy (non-hydrogen) atoms. The van der Waals surface area contributed by atoms with E-state index < -0.39 is 56.0 Å². The van der Waals surface area contributed by atoms with Gasteiger partial charge >= 0.3 is 28.1 Å². The Balaban J connectivity index is 2.00. The number of ketones is 1. The van der Waals surface area contributed by atoms with Gasteiger partial charge in [-0.2, -0.15) is 39.2 Å². The standard InChI is InChI=1S/C20H20F7NO4S/c1-16(2)13-8-9-17(16,14(29)10-13)11-33(30,31)32-28-15(12-6-4-3-5-7-12)18(21,22)19(23,24)20(25,26)27/h3-7,13H,8-11H2,1-2H3. The van der Waals surface area contributed by atoms with Crippen molar-refractivity contribution in [3.63, 3.8) is 0 Å². The predicted molar refractivity (Wildman–Crippen MR) is 102 cm³/mol. The molecule has 2 atom stereocenters. The molecule has 5 nitrogen and oxygen atoms in total. The van der Waals surface area contributed by atoms with E-state index in [1.54, 1.807) is 13.8 Å². The number of oxime groups is 1. The molecule has 2 unspecified atom stereocenters. The van der Waals surface area contributed by atoms with Gasteiger partial charge in [0.1, 0.15) is 11.5 Å². The second-order valence-electron chi connectivity index (χ2n) is 8.90. The van der Waals surface area contributed by atoms with E-state index >= 15 is 0 Å². The smallest absolute Gasteiger partial charge is 0.299 e. The zero-order chi connectivity index (χ0) is 25.1. The molecule has 0 spiro atoms. The highest BCUT2D eigenvalue weighted by atomic mass is 32.2. The predicted octanol–water partition coefficient (Wildman–Crippen LogP) is 4.97. The summed E-state index contributed by atoms with van der Waals surface area (Å²) in [7, 11) is -4.92. The van der Waals surface area contributed by atoms with Gasteiger partial charge in [-0.05, 0) is 24.2 Å². The van der Waals surface area contributed by atoms with Crippen LogP contribution in [0.25, 0.3) is 0 Å². The average molecular weight is 503 g/mol. The zero-order valence-corrected chi connectivity index (χ0v) is 18.2. The molecule has 1 aromatic carbocycles. The van der Waals surface area contributed by atoms with Gasteiger partial charge in [-0.3, -0.25) is 9.08 Å². The molecule has 0 radical (unpaired) electrons. The van der Waals surface area contributed by atoms with Crippen molar-refractivity contribution >= 4 is 21.6 Å². The lowest BCUT2D eigenvalue weighted by Gasteiger charge is -2.35. The Morgan fingerprint density at radius 3 is 2.12 bits per heavy atom. The molecule has 2 fully saturated rings. The number of hydrogen-bond acceptors (Lipinski definition) is 5. The summed E-state index contributed by atoms with van der Waals surface area (Å²) in [6.45, 7) is 3.36. The van der Waals surface area contributed by atoms with Gasteiger partial charge in [0.15, 0.2) is 5.71 Å². The fraction of sp³-hybridized carbons (Fsp3) is 0.600. The van der Waals surface area contributed by atoms with Gasteiger partial charge in [-0.1, -0.05) is 49.3 Å². The first-order valence-electron chi connectivity index (χ1n) is 9.80. The third-order valence-corrected chi connectivity index (χ3v) is 8.05. The minimum atomic E-state index is -6.66. The molecule has 0 aliphatic heterocycles. The summed E-state index contributed by atoms with van der Waals surface area (Å²) in [6.07, 6.45) is -5.81. The number of hydrogen-bond donors (Lipinski definition) is 0. The topological polar surface area (TPSA) is 72.8 Å². The van der Waals surface area contributed by atoms with E-state index in [0.29, 0.717) is 6.42 Å². The molecule has 0 saturated heterocycles. The first kappa shape index (κ1) is 25.4. The summed E-state index contributed by atoms with van der Waals surface area (Å²) in [6, 6.07) is 4.87. The Morgan fingerprint density at radius 1 is 1.09 bits per heavy atom. The molecule has 0 amide bonds. The highest BCUT2D eigenvalue weighted by molar-refractivity contribution is 7.86. The van der Waals surface area contributed by atoms with Crippen molar-refractivity contribution in [2.24, 2.45) is 21.9 Å². The van der Waals surface area contributed by atoms with Crippen molar-refractivity contribution in [3.8, 4) is 0 Å². The minimum absolute atomic E-state index is 0.0987. The fourth-order valence-corrected chi connectivity index (χ4v) is 6.27. The lowest BCUT2D eigenvalue weighted by Crippen LogP contribution is -2.56. The molecule has 13 heteroatoms. The van der Waals surface area contributed by atoms with Crippen molar-refractivity contribution in [1.29, 1.82) is 0 Å². The van der Waals surface area contributed by atoms with Crippen LogP contribution in [0.1, 0.15) is 38.7 Å². The zero-order valence-electron chi connectivity index (χ0n) is 17.4. The van der Waals surface area contributed by atoms with Crippen LogP contribution in [0.5, 0.6) is 0 Å². The molecule has 3 rings (SSSR count). The molecule has 1 aromatic rings. The maximum atomic E-state index is 14.4. The number of rotatable bonds is 7. The largest absolute Gasteiger partial charge is 0.460 e. The Kier molecular flexibility index (Phi) is 5.91. The monoisotopic (exact) mass is 503 g/mol. The van der Waals surface area contributed by atoms with Crippen LogP contribution in [-0.2, 0) is 19.2 Å². The van der Waals surface area contributed by atoms with Crippen LogP contribution in [-0.4, -0.2) is 43.7 Å². The van der Waals surface area contributed by atoms with Crippen LogP contribution >= 0.6 is 0 Å². The molecular weight excluding hydrogens is 483 g/mol. The van der Waals surface area contributed by atoms with E-state index in [-0.39, 0.29) is 24.5 Å². The molecule has 2 saturated carbocycles. The summed E-state index contributed by atoms with van der Waals surface area (Å²) in [5, 5.41) is 2.60. The molecule has 0 heterocycles. The fourth-order valence-electron chi connectivity index (χ4n) is 4.74. The van der Waals surface area contributed by atoms with Crippen LogP contribution in [0.15, 0.2) is 35.5 Å². The first-order chi connectivity index (χ1) is 14.9. The Morgan fingerprint density at radius 2 is 1.67 bits per heavy atom. The first-order valence-corrected chi connectivity index (χ1v) is 11.4. The quantitative estimate of drug-likeness (QED) is 0.299. The summed E-state index contributed by atoms with van der Waals surface area (Å²) in [4.78, 5) is 12.5. The van der Waals surface area contributed by atoms with E-state index in [9.17, 15) is 43.9 Å². The third kappa shape index (κ3) is 3.91. The van der Waals surface area contributed by atoms with E-state index in [2.05, 4.69) is 9.44 Å². The number of carbonyl (C=O) groups is 1. The summed E-state index contributed by atoms with van der Waals surface area (Å²) < 4.78 is 124. The van der Waals surface area contributed by atoms with E-state index in [1.807, 2.05) is 0 Å². The Bertz CT molecular complexity index is 1070. The number of halogens is 7. The summed E-state index contributed by atoms with van der Waals surface area (Å²) in [5.41, 5.74) is -5.28. The highest BCUT2D eigenvalue weighted by Crippen LogP contribution is 2.64. The molecular formula is C20H20F7NO4S. The molecule has 2 aliphatic rings. The molecule has 184 valence electrons. The van der Waals surface area contributed by atoms with Crippen LogP contribution in [0.4, 0.5) is 30.7 Å². The van der Waals surface area contributed by atoms with Crippen molar-refractivity contribution in [1.82, 2.24) is 0 Å². The summed E-state index contributed by atoms with van der Waals surface area (Å²) in [5.74, 6) is -14.0. The lowest BCUT2D eigenvalue weighted by atomic mass is 9.70. The van der Waals surface area contributed by atoms with Crippen molar-refractivity contribution < 1.29 is 48.2 Å². The van der Waals surface area contributed by atoms with Crippen molar-refractivity contribution in [3.05, 3.63) is 35.9 Å². The summed E-state index contributed by atoms with van der Waals surface area (Å²) >= 11 is 0. The van der Waals surface area contributed by atoms with Crippen LogP contribution < -0.4 is 0 Å². The average Bonchev–Trinajstić information content (AvgIpc) is 3.01. The second-order valence-corrected chi connectivity index (χ2v) is 10.4. The van der Waals surface area contributed by atoms with Gasteiger partial charge in [-0.15, -0.1) is 0 Å². The normalized spacial score (nSPS) is 26.0. The maximum Gasteiger partial charge on any atom is 0.460 e. The maximum absolute atomic E-state index is 14.4. The number of alkyl halides is 7.